The number of aryl methyl sites for hydroxylation is 1. The van der Waals surface area contributed by atoms with Gasteiger partial charge in [-0.3, -0.25) is 9.36 Å². The summed E-state index contributed by atoms with van der Waals surface area (Å²) in [6.45, 7) is 1.99. The van der Waals surface area contributed by atoms with Crippen LogP contribution in [0, 0.1) is 6.92 Å². The Kier molecular flexibility index (Phi) is 5.56. The zero-order valence-corrected chi connectivity index (χ0v) is 13.2. The molecule has 1 aromatic heterocycles. The van der Waals surface area contributed by atoms with Gasteiger partial charge in [0.05, 0.1) is 5.75 Å². The van der Waals surface area contributed by atoms with Crippen LogP contribution >= 0.6 is 28.7 Å². The van der Waals surface area contributed by atoms with Crippen molar-refractivity contribution in [2.24, 2.45) is 7.05 Å². The average molecular weight is 343 g/mol. The summed E-state index contributed by atoms with van der Waals surface area (Å²) >= 11 is 1.33. The maximum atomic E-state index is 11.9. The third-order valence-electron chi connectivity index (χ3n) is 2.57. The van der Waals surface area contributed by atoms with E-state index in [2.05, 4.69) is 10.2 Å². The number of hydrogen-bond acceptors (Lipinski definition) is 5. The average Bonchev–Trinajstić information content (AvgIpc) is 2.68. The molecular formula is C12H15BrN4OS. The molecule has 5 nitrogen and oxygen atoms in total. The quantitative estimate of drug-likeness (QED) is 0.681. The minimum absolute atomic E-state index is 0. The van der Waals surface area contributed by atoms with E-state index >= 15 is 0 Å². The monoisotopic (exact) mass is 342 g/mol. The number of Topliss-reactive ketones (excluding diaryl/α,β-unsaturated/α-hetero) is 1. The van der Waals surface area contributed by atoms with Gasteiger partial charge in [-0.25, -0.2) is 0 Å². The highest BCUT2D eigenvalue weighted by Gasteiger charge is 2.10. The van der Waals surface area contributed by atoms with E-state index in [9.17, 15) is 4.79 Å². The minimum Gasteiger partial charge on any atom is -0.368 e. The van der Waals surface area contributed by atoms with Gasteiger partial charge >= 0.3 is 0 Å². The fourth-order valence-corrected chi connectivity index (χ4v) is 2.22. The molecule has 0 bridgehead atoms. The van der Waals surface area contributed by atoms with Crippen LogP contribution in [0.15, 0.2) is 29.4 Å². The predicted molar refractivity (Wildman–Crippen MR) is 82.0 cm³/mol. The van der Waals surface area contributed by atoms with Crippen LogP contribution in [0.1, 0.15) is 15.9 Å². The summed E-state index contributed by atoms with van der Waals surface area (Å²) in [7, 11) is 1.77. The Morgan fingerprint density at radius 2 is 1.95 bits per heavy atom. The van der Waals surface area contributed by atoms with Crippen molar-refractivity contribution in [1.82, 2.24) is 14.8 Å². The molecule has 7 heteroatoms. The van der Waals surface area contributed by atoms with Crippen molar-refractivity contribution >= 4 is 40.5 Å². The summed E-state index contributed by atoms with van der Waals surface area (Å²) in [6, 6.07) is 7.53. The predicted octanol–water partition coefficient (Wildman–Crippen LogP) is 2.26. The van der Waals surface area contributed by atoms with E-state index in [1.165, 1.54) is 11.8 Å². The molecule has 0 aliphatic rings. The van der Waals surface area contributed by atoms with Crippen molar-refractivity contribution in [2.45, 2.75) is 12.1 Å². The van der Waals surface area contributed by atoms with Crippen molar-refractivity contribution in [1.29, 1.82) is 0 Å². The lowest BCUT2D eigenvalue weighted by Crippen LogP contribution is -2.04. The van der Waals surface area contributed by atoms with Gasteiger partial charge in [-0.05, 0) is 6.92 Å². The molecule has 19 heavy (non-hydrogen) atoms. The van der Waals surface area contributed by atoms with Crippen LogP contribution in [0.25, 0.3) is 0 Å². The number of aromatic nitrogens is 3. The smallest absolute Gasteiger partial charge is 0.222 e. The topological polar surface area (TPSA) is 73.8 Å². The molecule has 0 fully saturated rings. The van der Waals surface area contributed by atoms with E-state index in [-0.39, 0.29) is 22.8 Å². The zero-order valence-electron chi connectivity index (χ0n) is 10.7. The minimum atomic E-state index is 0. The van der Waals surface area contributed by atoms with E-state index in [1.54, 1.807) is 11.6 Å². The summed E-state index contributed by atoms with van der Waals surface area (Å²) in [6.07, 6.45) is 0. The van der Waals surface area contributed by atoms with Crippen LogP contribution in [-0.4, -0.2) is 26.3 Å². The fraction of sp³-hybridized carbons (Fsp3) is 0.250. The molecule has 0 amide bonds. The first-order chi connectivity index (χ1) is 8.58. The molecule has 1 aromatic carbocycles. The number of thioether (sulfide) groups is 1. The molecule has 0 atom stereocenters. The molecule has 0 aliphatic carbocycles. The second-order valence-corrected chi connectivity index (χ2v) is 4.92. The van der Waals surface area contributed by atoms with E-state index < -0.39 is 0 Å². The first-order valence-electron chi connectivity index (χ1n) is 5.45. The molecule has 1 heterocycles. The lowest BCUT2D eigenvalue weighted by Gasteiger charge is -2.02. The van der Waals surface area contributed by atoms with Crippen molar-refractivity contribution in [3.63, 3.8) is 0 Å². The molecular weight excluding hydrogens is 328 g/mol. The highest BCUT2D eigenvalue weighted by atomic mass is 79.9. The van der Waals surface area contributed by atoms with Gasteiger partial charge in [0.1, 0.15) is 0 Å². The second-order valence-electron chi connectivity index (χ2n) is 3.98. The van der Waals surface area contributed by atoms with E-state index in [4.69, 9.17) is 5.73 Å². The first-order valence-corrected chi connectivity index (χ1v) is 6.44. The third kappa shape index (κ3) is 3.81. The van der Waals surface area contributed by atoms with Crippen molar-refractivity contribution in [3.05, 3.63) is 35.4 Å². The molecule has 0 spiro atoms. The van der Waals surface area contributed by atoms with Crippen LogP contribution in [0.2, 0.25) is 0 Å². The lowest BCUT2D eigenvalue weighted by atomic mass is 10.1. The van der Waals surface area contributed by atoms with E-state index in [1.807, 2.05) is 31.2 Å². The van der Waals surface area contributed by atoms with Crippen molar-refractivity contribution in [3.8, 4) is 0 Å². The number of nitrogen functional groups attached to an aromatic ring is 1. The van der Waals surface area contributed by atoms with Gasteiger partial charge in [0, 0.05) is 12.6 Å². The maximum absolute atomic E-state index is 11.9. The molecule has 2 N–H and O–H groups in total. The summed E-state index contributed by atoms with van der Waals surface area (Å²) in [5.41, 5.74) is 7.42. The van der Waals surface area contributed by atoms with Gasteiger partial charge in [-0.1, -0.05) is 41.6 Å². The number of benzene rings is 1. The van der Waals surface area contributed by atoms with Gasteiger partial charge in [-0.2, -0.15) is 0 Å². The number of hydrogen-bond donors (Lipinski definition) is 1. The Morgan fingerprint density at radius 1 is 1.32 bits per heavy atom. The molecule has 2 rings (SSSR count). The number of nitrogens with zero attached hydrogens (tertiary/aromatic N) is 3. The summed E-state index contributed by atoms with van der Waals surface area (Å²) in [5, 5.41) is 8.28. The number of carbonyl (C=O) groups excluding carboxylic acids is 1. The molecule has 0 radical (unpaired) electrons. The summed E-state index contributed by atoms with van der Waals surface area (Å²) in [5.74, 6) is 0.747. The van der Waals surface area contributed by atoms with Crippen LogP contribution in [0.3, 0.4) is 0 Å². The number of ketones is 1. The standard InChI is InChI=1S/C12H14N4OS.BrH/c1-8-3-5-9(6-4-8)10(17)7-18-12-15-14-11(13)16(12)2;/h3-6H,7H2,1-2H3,(H2,13,14);1H. The van der Waals surface area contributed by atoms with Crippen LogP contribution < -0.4 is 5.73 Å². The van der Waals surface area contributed by atoms with Crippen LogP contribution in [0.5, 0.6) is 0 Å². The Balaban J connectivity index is 0.00000180. The van der Waals surface area contributed by atoms with Crippen LogP contribution in [0.4, 0.5) is 5.95 Å². The molecule has 102 valence electrons. The summed E-state index contributed by atoms with van der Waals surface area (Å²) < 4.78 is 1.66. The molecule has 2 aromatic rings. The number of halogens is 1. The van der Waals surface area contributed by atoms with Gasteiger partial charge in [0.15, 0.2) is 10.9 Å². The molecule has 0 unspecified atom stereocenters. The van der Waals surface area contributed by atoms with Crippen LogP contribution in [-0.2, 0) is 7.05 Å². The number of anilines is 1. The molecule has 0 aliphatic heterocycles. The largest absolute Gasteiger partial charge is 0.368 e. The highest BCUT2D eigenvalue weighted by Crippen LogP contribution is 2.18. The van der Waals surface area contributed by atoms with Gasteiger partial charge < -0.3 is 5.73 Å². The molecule has 0 saturated heterocycles. The number of rotatable bonds is 4. The SMILES string of the molecule is Br.Cc1ccc(C(=O)CSc2nnc(N)n2C)cc1. The maximum Gasteiger partial charge on any atom is 0.222 e. The van der Waals surface area contributed by atoms with Crippen molar-refractivity contribution < 1.29 is 4.79 Å². The lowest BCUT2D eigenvalue weighted by molar-refractivity contribution is 0.102. The fourth-order valence-electron chi connectivity index (χ4n) is 1.40. The normalized spacial score (nSPS) is 10.0. The van der Waals surface area contributed by atoms with E-state index in [0.29, 0.717) is 22.4 Å². The van der Waals surface area contributed by atoms with Gasteiger partial charge in [0.2, 0.25) is 5.95 Å². The zero-order chi connectivity index (χ0) is 13.1. The van der Waals surface area contributed by atoms with Gasteiger partial charge in [0.25, 0.3) is 0 Å². The summed E-state index contributed by atoms with van der Waals surface area (Å²) in [4.78, 5) is 11.9. The number of nitrogens with two attached hydrogens (primary N) is 1. The first kappa shape index (κ1) is 15.7. The second kappa shape index (κ2) is 6.72. The number of carbonyl (C=O) groups is 1. The Labute approximate surface area is 126 Å². The molecule has 0 saturated carbocycles. The third-order valence-corrected chi connectivity index (χ3v) is 3.59. The van der Waals surface area contributed by atoms with Gasteiger partial charge in [-0.15, -0.1) is 27.2 Å². The van der Waals surface area contributed by atoms with E-state index in [0.717, 1.165) is 5.56 Å². The highest BCUT2D eigenvalue weighted by molar-refractivity contribution is 8.93. The Hall–Kier alpha value is -1.34. The Morgan fingerprint density at radius 3 is 2.47 bits per heavy atom. The Bertz CT molecular complexity index is 568. The van der Waals surface area contributed by atoms with Crippen molar-refractivity contribution in [2.75, 3.05) is 11.5 Å².